The minimum Gasteiger partial charge on any atom is -0.322 e. The van der Waals surface area contributed by atoms with E-state index >= 15 is 0 Å². The molecule has 2 rings (SSSR count). The highest BCUT2D eigenvalue weighted by molar-refractivity contribution is 6.42. The molecule has 0 saturated carbocycles. The van der Waals surface area contributed by atoms with Gasteiger partial charge in [0, 0.05) is 11.4 Å². The van der Waals surface area contributed by atoms with Crippen molar-refractivity contribution < 1.29 is 18.9 Å². The van der Waals surface area contributed by atoms with Crippen LogP contribution in [0.1, 0.15) is 0 Å². The Kier molecular flexibility index (Phi) is 6.75. The number of carbonyl (C=O) groups excluding carboxylic acids is 2. The molecule has 0 bridgehead atoms. The SMILES string of the molecule is C[NH+](CC(=O)Nc1cccc(F)c1)CC(=O)Nc1ccc(Cl)c(Cl)c1. The molecule has 2 amide bonds. The highest BCUT2D eigenvalue weighted by atomic mass is 35.5. The lowest BCUT2D eigenvalue weighted by Gasteiger charge is -2.14. The second-order valence-corrected chi connectivity index (χ2v) is 6.36. The smallest absolute Gasteiger partial charge is 0.279 e. The average Bonchev–Trinajstić information content (AvgIpc) is 2.50. The van der Waals surface area contributed by atoms with Gasteiger partial charge in [-0.3, -0.25) is 9.59 Å². The number of hydrogen-bond acceptors (Lipinski definition) is 2. The van der Waals surface area contributed by atoms with Crippen molar-refractivity contribution in [2.24, 2.45) is 0 Å². The topological polar surface area (TPSA) is 62.6 Å². The Bertz CT molecular complexity index is 786. The number of quaternary nitrogens is 1. The number of nitrogens with one attached hydrogen (secondary N) is 3. The fourth-order valence-electron chi connectivity index (χ4n) is 2.16. The summed E-state index contributed by atoms with van der Waals surface area (Å²) in [5.41, 5.74) is 0.898. The first-order valence-electron chi connectivity index (χ1n) is 7.45. The van der Waals surface area contributed by atoms with Gasteiger partial charge in [-0.25, -0.2) is 4.39 Å². The largest absolute Gasteiger partial charge is 0.322 e. The van der Waals surface area contributed by atoms with E-state index < -0.39 is 5.82 Å². The monoisotopic (exact) mass is 384 g/mol. The molecule has 132 valence electrons. The number of halogens is 3. The third kappa shape index (κ3) is 6.34. The van der Waals surface area contributed by atoms with Crippen molar-refractivity contribution in [2.45, 2.75) is 0 Å². The van der Waals surface area contributed by atoms with Crippen molar-refractivity contribution in [3.05, 3.63) is 58.3 Å². The number of likely N-dealkylation sites (N-methyl/N-ethyl adjacent to an activating group) is 1. The van der Waals surface area contributed by atoms with Crippen LogP contribution in [0.3, 0.4) is 0 Å². The fourth-order valence-corrected chi connectivity index (χ4v) is 2.46. The van der Waals surface area contributed by atoms with Crippen LogP contribution < -0.4 is 15.5 Å². The molecule has 25 heavy (non-hydrogen) atoms. The van der Waals surface area contributed by atoms with Crippen LogP contribution in [-0.4, -0.2) is 32.0 Å². The standard InChI is InChI=1S/C17H16Cl2FN3O2/c1-23(9-16(24)21-12-4-2-3-11(20)7-12)10-17(25)22-13-5-6-14(18)15(19)8-13/h2-8H,9-10H2,1H3,(H,21,24)(H,22,25)/p+1. The molecule has 0 aliphatic heterocycles. The summed E-state index contributed by atoms with van der Waals surface area (Å²) in [5.74, 6) is -1.01. The third-order valence-corrected chi connectivity index (χ3v) is 3.98. The van der Waals surface area contributed by atoms with Gasteiger partial charge < -0.3 is 15.5 Å². The summed E-state index contributed by atoms with van der Waals surface area (Å²) in [6.07, 6.45) is 0. The Morgan fingerprint density at radius 1 is 0.960 bits per heavy atom. The minimum atomic E-state index is -0.431. The maximum Gasteiger partial charge on any atom is 0.279 e. The first kappa shape index (κ1) is 19.2. The van der Waals surface area contributed by atoms with Crippen LogP contribution in [-0.2, 0) is 9.59 Å². The van der Waals surface area contributed by atoms with Gasteiger partial charge in [0.25, 0.3) is 11.8 Å². The molecule has 5 nitrogen and oxygen atoms in total. The summed E-state index contributed by atoms with van der Waals surface area (Å²) < 4.78 is 13.1. The second-order valence-electron chi connectivity index (χ2n) is 5.55. The van der Waals surface area contributed by atoms with E-state index in [0.717, 1.165) is 0 Å². The van der Waals surface area contributed by atoms with E-state index in [4.69, 9.17) is 23.2 Å². The van der Waals surface area contributed by atoms with Crippen LogP contribution in [0, 0.1) is 5.82 Å². The van der Waals surface area contributed by atoms with Gasteiger partial charge >= 0.3 is 0 Å². The van der Waals surface area contributed by atoms with Crippen LogP contribution in [0.4, 0.5) is 15.8 Å². The summed E-state index contributed by atoms with van der Waals surface area (Å²) in [5, 5.41) is 6.02. The van der Waals surface area contributed by atoms with Gasteiger partial charge in [0.05, 0.1) is 17.1 Å². The van der Waals surface area contributed by atoms with Gasteiger partial charge in [-0.15, -0.1) is 0 Å². The van der Waals surface area contributed by atoms with Crippen LogP contribution in [0.2, 0.25) is 10.0 Å². The van der Waals surface area contributed by atoms with Gasteiger partial charge in [-0.05, 0) is 36.4 Å². The van der Waals surface area contributed by atoms with Crippen LogP contribution in [0.15, 0.2) is 42.5 Å². The third-order valence-electron chi connectivity index (χ3n) is 3.24. The van der Waals surface area contributed by atoms with Crippen molar-refractivity contribution in [2.75, 3.05) is 30.8 Å². The van der Waals surface area contributed by atoms with Crippen molar-refractivity contribution in [3.8, 4) is 0 Å². The zero-order valence-electron chi connectivity index (χ0n) is 13.4. The molecule has 0 heterocycles. The average molecular weight is 385 g/mol. The van der Waals surface area contributed by atoms with E-state index in [2.05, 4.69) is 10.6 Å². The Morgan fingerprint density at radius 3 is 2.12 bits per heavy atom. The molecule has 0 aliphatic rings. The highest BCUT2D eigenvalue weighted by Gasteiger charge is 2.15. The number of amides is 2. The van der Waals surface area contributed by atoms with Crippen LogP contribution in [0.25, 0.3) is 0 Å². The second kappa shape index (κ2) is 8.80. The molecule has 0 aliphatic carbocycles. The summed E-state index contributed by atoms with van der Waals surface area (Å²) in [6.45, 7) is 0.141. The van der Waals surface area contributed by atoms with E-state index in [-0.39, 0.29) is 24.9 Å². The lowest BCUT2D eigenvalue weighted by atomic mass is 10.3. The van der Waals surface area contributed by atoms with Gasteiger partial charge in [0.15, 0.2) is 13.1 Å². The molecule has 0 fully saturated rings. The normalized spacial score (nSPS) is 11.7. The number of benzene rings is 2. The van der Waals surface area contributed by atoms with Gasteiger partial charge in [-0.2, -0.15) is 0 Å². The van der Waals surface area contributed by atoms with Crippen LogP contribution >= 0.6 is 23.2 Å². The predicted octanol–water partition coefficient (Wildman–Crippen LogP) is 2.22. The Labute approximate surface area is 154 Å². The van der Waals surface area contributed by atoms with E-state index in [0.29, 0.717) is 26.3 Å². The fraction of sp³-hybridized carbons (Fsp3) is 0.176. The molecule has 0 radical (unpaired) electrons. The van der Waals surface area contributed by atoms with Crippen molar-refractivity contribution in [1.29, 1.82) is 0 Å². The zero-order chi connectivity index (χ0) is 18.4. The van der Waals surface area contributed by atoms with Crippen molar-refractivity contribution in [1.82, 2.24) is 0 Å². The van der Waals surface area contributed by atoms with Crippen LogP contribution in [0.5, 0.6) is 0 Å². The Balaban J connectivity index is 1.82. The molecule has 1 unspecified atom stereocenters. The molecule has 2 aromatic rings. The summed E-state index contributed by atoms with van der Waals surface area (Å²) in [7, 11) is 1.71. The predicted molar refractivity (Wildman–Crippen MR) is 96.7 cm³/mol. The van der Waals surface area contributed by atoms with Crippen molar-refractivity contribution >= 4 is 46.4 Å². The quantitative estimate of drug-likeness (QED) is 0.714. The summed E-state index contributed by atoms with van der Waals surface area (Å²) in [4.78, 5) is 24.6. The molecular formula is C17H17Cl2FN3O2+. The Morgan fingerprint density at radius 2 is 1.56 bits per heavy atom. The molecule has 2 aromatic carbocycles. The number of anilines is 2. The van der Waals surface area contributed by atoms with Gasteiger partial charge in [0.1, 0.15) is 5.82 Å². The lowest BCUT2D eigenvalue weighted by molar-refractivity contribution is -0.862. The maximum atomic E-state index is 13.1. The van der Waals surface area contributed by atoms with E-state index in [1.165, 1.54) is 18.2 Å². The molecule has 0 aromatic heterocycles. The molecule has 0 saturated heterocycles. The van der Waals surface area contributed by atoms with Crippen molar-refractivity contribution in [3.63, 3.8) is 0 Å². The highest BCUT2D eigenvalue weighted by Crippen LogP contribution is 2.24. The lowest BCUT2D eigenvalue weighted by Crippen LogP contribution is -3.11. The maximum absolute atomic E-state index is 13.1. The summed E-state index contributed by atoms with van der Waals surface area (Å²) in [6, 6.07) is 10.4. The minimum absolute atomic E-state index is 0.0608. The van der Waals surface area contributed by atoms with E-state index in [1.54, 1.807) is 31.3 Å². The molecule has 8 heteroatoms. The molecular weight excluding hydrogens is 368 g/mol. The van der Waals surface area contributed by atoms with E-state index in [9.17, 15) is 14.0 Å². The molecule has 1 atom stereocenters. The Hall–Kier alpha value is -2.15. The number of hydrogen-bond donors (Lipinski definition) is 3. The number of carbonyl (C=O) groups is 2. The zero-order valence-corrected chi connectivity index (χ0v) is 14.9. The summed E-state index contributed by atoms with van der Waals surface area (Å²) >= 11 is 11.7. The van der Waals surface area contributed by atoms with Gasteiger partial charge in [0.2, 0.25) is 0 Å². The van der Waals surface area contributed by atoms with Gasteiger partial charge in [-0.1, -0.05) is 29.3 Å². The first-order chi connectivity index (χ1) is 11.8. The number of rotatable bonds is 6. The first-order valence-corrected chi connectivity index (χ1v) is 8.20. The van der Waals surface area contributed by atoms with E-state index in [1.807, 2.05) is 0 Å². The molecule has 0 spiro atoms. The molecule has 3 N–H and O–H groups in total.